The van der Waals surface area contributed by atoms with Gasteiger partial charge in [0.15, 0.2) is 0 Å². The first-order valence-electron chi connectivity index (χ1n) is 9.07. The molecule has 0 spiro atoms. The number of thiophene rings is 1. The van der Waals surface area contributed by atoms with Crippen LogP contribution < -0.4 is 10.1 Å². The molecule has 4 rings (SSSR count). The number of halogens is 1. The van der Waals surface area contributed by atoms with Gasteiger partial charge < -0.3 is 14.6 Å². The summed E-state index contributed by atoms with van der Waals surface area (Å²) in [5.74, 6) is 0.690. The molecule has 0 atom stereocenters. The van der Waals surface area contributed by atoms with Crippen LogP contribution in [0.3, 0.4) is 0 Å². The third-order valence-corrected chi connectivity index (χ3v) is 5.82. The molecule has 1 N–H and O–H groups in total. The van der Waals surface area contributed by atoms with Gasteiger partial charge in [-0.1, -0.05) is 35.9 Å². The highest BCUT2D eigenvalue weighted by molar-refractivity contribution is 7.13. The summed E-state index contributed by atoms with van der Waals surface area (Å²) in [4.78, 5) is 13.7. The van der Waals surface area contributed by atoms with Crippen LogP contribution in [0, 0.1) is 0 Å². The molecule has 0 unspecified atom stereocenters. The quantitative estimate of drug-likeness (QED) is 0.427. The number of carbonyl (C=O) groups excluding carboxylic acids is 1. The molecule has 1 amide bonds. The average Bonchev–Trinajstić information content (AvgIpc) is 3.42. The zero-order chi connectivity index (χ0) is 20.2. The van der Waals surface area contributed by atoms with Crippen LogP contribution in [0.5, 0.6) is 5.75 Å². The molecule has 0 radical (unpaired) electrons. The van der Waals surface area contributed by atoms with E-state index in [0.717, 1.165) is 28.1 Å². The van der Waals surface area contributed by atoms with Gasteiger partial charge in [-0.05, 0) is 47.5 Å². The summed E-state index contributed by atoms with van der Waals surface area (Å²) in [5.41, 5.74) is 3.90. The zero-order valence-corrected chi connectivity index (χ0v) is 17.3. The SMILES string of the molecule is COc1ccc(CNC(=O)c2scc(-c3ccc(Cl)cc3)c2-n2cccc2)cc1. The number of carbonyl (C=O) groups is 1. The van der Waals surface area contributed by atoms with Crippen LogP contribution in [-0.4, -0.2) is 17.6 Å². The van der Waals surface area contributed by atoms with Crippen molar-refractivity contribution in [1.29, 1.82) is 0 Å². The smallest absolute Gasteiger partial charge is 0.263 e. The van der Waals surface area contributed by atoms with E-state index in [2.05, 4.69) is 5.32 Å². The fourth-order valence-corrected chi connectivity index (χ4v) is 4.21. The second kappa shape index (κ2) is 8.55. The number of nitrogens with zero attached hydrogens (tertiary/aromatic N) is 1. The van der Waals surface area contributed by atoms with Gasteiger partial charge in [-0.25, -0.2) is 0 Å². The molecule has 0 saturated carbocycles. The predicted molar refractivity (Wildman–Crippen MR) is 118 cm³/mol. The summed E-state index contributed by atoms with van der Waals surface area (Å²) in [6, 6.07) is 19.2. The largest absolute Gasteiger partial charge is 0.497 e. The fraction of sp³-hybridized carbons (Fsp3) is 0.0870. The van der Waals surface area contributed by atoms with Gasteiger partial charge in [0.25, 0.3) is 5.91 Å². The van der Waals surface area contributed by atoms with Crippen molar-refractivity contribution >= 4 is 28.8 Å². The first-order chi connectivity index (χ1) is 14.2. The van der Waals surface area contributed by atoms with Crippen LogP contribution in [0.1, 0.15) is 15.2 Å². The number of benzene rings is 2. The van der Waals surface area contributed by atoms with Crippen LogP contribution in [0.4, 0.5) is 0 Å². The number of aromatic nitrogens is 1. The zero-order valence-electron chi connectivity index (χ0n) is 15.8. The van der Waals surface area contributed by atoms with E-state index in [1.165, 1.54) is 11.3 Å². The molecule has 0 fully saturated rings. The van der Waals surface area contributed by atoms with Crippen LogP contribution in [-0.2, 0) is 6.54 Å². The second-order valence-electron chi connectivity index (χ2n) is 6.46. The van der Waals surface area contributed by atoms with Crippen molar-refractivity contribution < 1.29 is 9.53 Å². The Kier molecular flexibility index (Phi) is 5.69. The minimum absolute atomic E-state index is 0.102. The number of amides is 1. The number of ether oxygens (including phenoxy) is 1. The van der Waals surface area contributed by atoms with Crippen molar-refractivity contribution in [1.82, 2.24) is 9.88 Å². The highest BCUT2D eigenvalue weighted by atomic mass is 35.5. The number of hydrogen-bond acceptors (Lipinski definition) is 3. The van der Waals surface area contributed by atoms with Gasteiger partial charge in [-0.3, -0.25) is 4.79 Å². The normalized spacial score (nSPS) is 10.7. The summed E-state index contributed by atoms with van der Waals surface area (Å²) < 4.78 is 7.15. The molecule has 6 heteroatoms. The summed E-state index contributed by atoms with van der Waals surface area (Å²) in [6.07, 6.45) is 3.89. The van der Waals surface area contributed by atoms with Gasteiger partial charge in [-0.15, -0.1) is 11.3 Å². The molecule has 0 aliphatic heterocycles. The standard InChI is InChI=1S/C23H19ClN2O2S/c1-28-19-10-4-16(5-11-19)14-25-23(27)22-21(26-12-2-3-13-26)20(15-29-22)17-6-8-18(24)9-7-17/h2-13,15H,14H2,1H3,(H,25,27). The lowest BCUT2D eigenvalue weighted by Crippen LogP contribution is -2.23. The minimum Gasteiger partial charge on any atom is -0.497 e. The van der Waals surface area contributed by atoms with E-state index in [1.807, 2.05) is 83.0 Å². The van der Waals surface area contributed by atoms with Crippen molar-refractivity contribution in [2.24, 2.45) is 0 Å². The first kappa shape index (κ1) is 19.3. The molecule has 0 saturated heterocycles. The average molecular weight is 423 g/mol. The highest BCUT2D eigenvalue weighted by Gasteiger charge is 2.20. The van der Waals surface area contributed by atoms with Gasteiger partial charge in [0.2, 0.25) is 0 Å². The fourth-order valence-electron chi connectivity index (χ4n) is 3.09. The molecule has 29 heavy (non-hydrogen) atoms. The Balaban J connectivity index is 1.62. The van der Waals surface area contributed by atoms with E-state index in [1.54, 1.807) is 7.11 Å². The number of hydrogen-bond donors (Lipinski definition) is 1. The molecule has 4 aromatic rings. The molecule has 146 valence electrons. The molecule has 4 nitrogen and oxygen atoms in total. The van der Waals surface area contributed by atoms with Crippen LogP contribution in [0.25, 0.3) is 16.8 Å². The van der Waals surface area contributed by atoms with Crippen LogP contribution in [0.2, 0.25) is 5.02 Å². The maximum atomic E-state index is 13.0. The monoisotopic (exact) mass is 422 g/mol. The molecule has 0 aliphatic rings. The van der Waals surface area contributed by atoms with Crippen LogP contribution >= 0.6 is 22.9 Å². The lowest BCUT2D eigenvalue weighted by molar-refractivity contribution is 0.0955. The highest BCUT2D eigenvalue weighted by Crippen LogP contribution is 2.35. The van der Waals surface area contributed by atoms with Gasteiger partial charge in [0.05, 0.1) is 12.8 Å². The predicted octanol–water partition coefficient (Wildman–Crippen LogP) is 5.80. The maximum Gasteiger partial charge on any atom is 0.263 e. The Morgan fingerprint density at radius 3 is 2.41 bits per heavy atom. The van der Waals surface area contributed by atoms with Crippen molar-refractivity contribution in [3.8, 4) is 22.6 Å². The minimum atomic E-state index is -0.102. The van der Waals surface area contributed by atoms with E-state index in [9.17, 15) is 4.79 Å². The summed E-state index contributed by atoms with van der Waals surface area (Å²) in [7, 11) is 1.63. The van der Waals surface area contributed by atoms with E-state index < -0.39 is 0 Å². The summed E-state index contributed by atoms with van der Waals surface area (Å²) >= 11 is 7.47. The lowest BCUT2D eigenvalue weighted by atomic mass is 10.1. The first-order valence-corrected chi connectivity index (χ1v) is 10.3. The molecular formula is C23H19ClN2O2S. The maximum absolute atomic E-state index is 13.0. The Morgan fingerprint density at radius 2 is 1.76 bits per heavy atom. The van der Waals surface area contributed by atoms with Gasteiger partial charge in [0.1, 0.15) is 10.6 Å². The van der Waals surface area contributed by atoms with Gasteiger partial charge in [-0.2, -0.15) is 0 Å². The molecule has 2 aromatic carbocycles. The molecule has 0 bridgehead atoms. The van der Waals surface area contributed by atoms with Crippen LogP contribution in [0.15, 0.2) is 78.4 Å². The van der Waals surface area contributed by atoms with E-state index >= 15 is 0 Å². The Morgan fingerprint density at radius 1 is 1.07 bits per heavy atom. The van der Waals surface area contributed by atoms with E-state index in [0.29, 0.717) is 16.4 Å². The van der Waals surface area contributed by atoms with Crippen molar-refractivity contribution in [2.75, 3.05) is 7.11 Å². The molecule has 2 heterocycles. The number of nitrogens with one attached hydrogen (secondary N) is 1. The Labute approximate surface area is 178 Å². The molecular weight excluding hydrogens is 404 g/mol. The van der Waals surface area contributed by atoms with Crippen molar-refractivity contribution in [3.05, 3.63) is 93.9 Å². The van der Waals surface area contributed by atoms with Crippen molar-refractivity contribution in [3.63, 3.8) is 0 Å². The second-order valence-corrected chi connectivity index (χ2v) is 7.77. The molecule has 2 aromatic heterocycles. The van der Waals surface area contributed by atoms with Crippen molar-refractivity contribution in [2.45, 2.75) is 6.54 Å². The Hall–Kier alpha value is -3.02. The molecule has 0 aliphatic carbocycles. The van der Waals surface area contributed by atoms with Gasteiger partial charge in [0, 0.05) is 34.9 Å². The Bertz CT molecular complexity index is 1100. The van der Waals surface area contributed by atoms with E-state index in [4.69, 9.17) is 16.3 Å². The topological polar surface area (TPSA) is 43.3 Å². The number of methoxy groups -OCH3 is 1. The summed E-state index contributed by atoms with van der Waals surface area (Å²) in [5, 5.41) is 5.72. The number of rotatable bonds is 6. The van der Waals surface area contributed by atoms with E-state index in [-0.39, 0.29) is 5.91 Å². The third kappa shape index (κ3) is 4.21. The lowest BCUT2D eigenvalue weighted by Gasteiger charge is -2.10. The summed E-state index contributed by atoms with van der Waals surface area (Å²) in [6.45, 7) is 0.447. The van der Waals surface area contributed by atoms with Gasteiger partial charge >= 0.3 is 0 Å². The third-order valence-electron chi connectivity index (χ3n) is 4.60.